The molecule has 0 amide bonds. The van der Waals surface area contributed by atoms with Crippen LogP contribution in [-0.2, 0) is 6.42 Å². The van der Waals surface area contributed by atoms with Crippen molar-refractivity contribution in [3.63, 3.8) is 0 Å². The molecule has 0 radical (unpaired) electrons. The first-order chi connectivity index (χ1) is 6.13. The third-order valence-corrected chi connectivity index (χ3v) is 4.54. The van der Waals surface area contributed by atoms with Crippen LogP contribution in [0.5, 0.6) is 0 Å². The Labute approximate surface area is 101 Å². The predicted octanol–water partition coefficient (Wildman–Crippen LogP) is 5.25. The molecule has 1 aromatic heterocycles. The van der Waals surface area contributed by atoms with E-state index in [1.54, 1.807) is 11.3 Å². The molecule has 0 fully saturated rings. The molecule has 0 saturated carbocycles. The van der Waals surface area contributed by atoms with Crippen molar-refractivity contribution in [3.05, 3.63) is 19.2 Å². The molecule has 0 aliphatic heterocycles. The molecule has 0 spiro atoms. The van der Waals surface area contributed by atoms with Gasteiger partial charge in [-0.3, -0.25) is 0 Å². The first-order valence-corrected chi connectivity index (χ1v) is 6.97. The fourth-order valence-corrected chi connectivity index (χ4v) is 4.34. The van der Waals surface area contributed by atoms with E-state index in [1.165, 1.54) is 32.4 Å². The van der Waals surface area contributed by atoms with Gasteiger partial charge >= 0.3 is 0 Å². The smallest absolute Gasteiger partial charge is 0.0742 e. The first kappa shape index (κ1) is 11.7. The lowest BCUT2D eigenvalue weighted by Crippen LogP contribution is -1.98. The molecular formula is C10H14Br2S. The van der Waals surface area contributed by atoms with Crippen molar-refractivity contribution < 1.29 is 0 Å². The van der Waals surface area contributed by atoms with Gasteiger partial charge in [-0.15, -0.1) is 11.3 Å². The first-order valence-electron chi connectivity index (χ1n) is 4.57. The molecule has 0 aliphatic rings. The third-order valence-electron chi connectivity index (χ3n) is 2.08. The van der Waals surface area contributed by atoms with Crippen molar-refractivity contribution in [1.82, 2.24) is 0 Å². The Morgan fingerprint density at radius 2 is 2.15 bits per heavy atom. The molecule has 0 bridgehead atoms. The monoisotopic (exact) mass is 324 g/mol. The lowest BCUT2D eigenvalue weighted by atomic mass is 9.99. The predicted molar refractivity (Wildman–Crippen MR) is 67.5 cm³/mol. The average molecular weight is 326 g/mol. The largest absolute Gasteiger partial charge is 0.121 e. The Hall–Kier alpha value is 0.660. The molecule has 0 aliphatic carbocycles. The van der Waals surface area contributed by atoms with Gasteiger partial charge in [0.15, 0.2) is 0 Å². The van der Waals surface area contributed by atoms with Gasteiger partial charge in [-0.2, -0.15) is 0 Å². The number of rotatable bonds is 4. The number of hydrogen-bond donors (Lipinski definition) is 0. The van der Waals surface area contributed by atoms with Crippen LogP contribution in [0.4, 0.5) is 0 Å². The second kappa shape index (κ2) is 5.52. The van der Waals surface area contributed by atoms with E-state index in [2.05, 4.69) is 51.8 Å². The van der Waals surface area contributed by atoms with Crippen LogP contribution in [0.2, 0.25) is 0 Å². The summed E-state index contributed by atoms with van der Waals surface area (Å²) < 4.78 is 2.50. The molecule has 1 aromatic rings. The molecule has 1 heterocycles. The van der Waals surface area contributed by atoms with Crippen LogP contribution < -0.4 is 0 Å². The summed E-state index contributed by atoms with van der Waals surface area (Å²) in [7, 11) is 0. The summed E-state index contributed by atoms with van der Waals surface area (Å²) in [6, 6.07) is 2.22. The zero-order chi connectivity index (χ0) is 9.84. The van der Waals surface area contributed by atoms with Crippen LogP contribution in [0.3, 0.4) is 0 Å². The van der Waals surface area contributed by atoms with Gasteiger partial charge in [0.05, 0.1) is 7.57 Å². The van der Waals surface area contributed by atoms with Gasteiger partial charge in [0, 0.05) is 0 Å². The van der Waals surface area contributed by atoms with Gasteiger partial charge in [-0.1, -0.05) is 26.7 Å². The minimum atomic E-state index is 0.794. The molecule has 0 nitrogen and oxygen atoms in total. The van der Waals surface area contributed by atoms with Crippen molar-refractivity contribution in [2.45, 2.75) is 33.1 Å². The van der Waals surface area contributed by atoms with Crippen LogP contribution in [0.25, 0.3) is 0 Å². The standard InChI is InChI=1S/C10H14Br2S/c1-3-4-7(2)5-8-6-9(11)13-10(8)12/h6-7H,3-5H2,1-2H3. The Morgan fingerprint density at radius 3 is 2.62 bits per heavy atom. The summed E-state index contributed by atoms with van der Waals surface area (Å²) in [5.74, 6) is 0.794. The van der Waals surface area contributed by atoms with E-state index in [4.69, 9.17) is 0 Å². The van der Waals surface area contributed by atoms with Gasteiger partial charge in [-0.25, -0.2) is 0 Å². The van der Waals surface area contributed by atoms with Gasteiger partial charge in [-0.05, 0) is 55.8 Å². The van der Waals surface area contributed by atoms with Crippen LogP contribution in [0.1, 0.15) is 32.3 Å². The summed E-state index contributed by atoms with van der Waals surface area (Å²) >= 11 is 8.85. The van der Waals surface area contributed by atoms with Crippen molar-refractivity contribution in [3.8, 4) is 0 Å². The second-order valence-electron chi connectivity index (χ2n) is 3.45. The number of hydrogen-bond acceptors (Lipinski definition) is 1. The van der Waals surface area contributed by atoms with E-state index in [0.717, 1.165) is 5.92 Å². The minimum Gasteiger partial charge on any atom is -0.121 e. The fraction of sp³-hybridized carbons (Fsp3) is 0.600. The van der Waals surface area contributed by atoms with E-state index in [9.17, 15) is 0 Å². The SMILES string of the molecule is CCCC(C)Cc1cc(Br)sc1Br. The van der Waals surface area contributed by atoms with E-state index < -0.39 is 0 Å². The Kier molecular flexibility index (Phi) is 4.98. The molecule has 0 saturated heterocycles. The maximum atomic E-state index is 3.59. The average Bonchev–Trinajstić information content (AvgIpc) is 2.30. The van der Waals surface area contributed by atoms with Crippen LogP contribution in [-0.4, -0.2) is 0 Å². The molecule has 0 N–H and O–H groups in total. The lowest BCUT2D eigenvalue weighted by molar-refractivity contribution is 0.522. The van der Waals surface area contributed by atoms with E-state index in [1.807, 2.05) is 0 Å². The molecule has 1 rings (SSSR count). The van der Waals surface area contributed by atoms with E-state index in [-0.39, 0.29) is 0 Å². The van der Waals surface area contributed by atoms with Crippen molar-refractivity contribution in [2.75, 3.05) is 0 Å². The molecule has 1 atom stereocenters. The highest BCUT2D eigenvalue weighted by Gasteiger charge is 2.08. The van der Waals surface area contributed by atoms with Crippen molar-refractivity contribution >= 4 is 43.2 Å². The van der Waals surface area contributed by atoms with Gasteiger partial charge in [0.1, 0.15) is 0 Å². The Bertz CT molecular complexity index is 268. The highest BCUT2D eigenvalue weighted by atomic mass is 79.9. The quantitative estimate of drug-likeness (QED) is 0.709. The van der Waals surface area contributed by atoms with Gasteiger partial charge < -0.3 is 0 Å². The molecule has 1 unspecified atom stereocenters. The van der Waals surface area contributed by atoms with Gasteiger partial charge in [0.25, 0.3) is 0 Å². The van der Waals surface area contributed by atoms with E-state index in [0.29, 0.717) is 0 Å². The topological polar surface area (TPSA) is 0 Å². The normalized spacial score (nSPS) is 13.2. The minimum absolute atomic E-state index is 0.794. The third kappa shape index (κ3) is 3.72. The Morgan fingerprint density at radius 1 is 1.46 bits per heavy atom. The molecule has 74 valence electrons. The molecule has 0 aromatic carbocycles. The van der Waals surface area contributed by atoms with Crippen LogP contribution in [0, 0.1) is 5.92 Å². The maximum Gasteiger partial charge on any atom is 0.0742 e. The number of halogens is 2. The summed E-state index contributed by atoms with van der Waals surface area (Å²) in [5, 5.41) is 0. The van der Waals surface area contributed by atoms with Crippen LogP contribution in [0.15, 0.2) is 13.6 Å². The summed E-state index contributed by atoms with van der Waals surface area (Å²) in [6.45, 7) is 4.57. The zero-order valence-corrected chi connectivity index (χ0v) is 11.9. The summed E-state index contributed by atoms with van der Waals surface area (Å²) in [5.41, 5.74) is 1.44. The van der Waals surface area contributed by atoms with Crippen molar-refractivity contribution in [2.24, 2.45) is 5.92 Å². The van der Waals surface area contributed by atoms with E-state index >= 15 is 0 Å². The second-order valence-corrected chi connectivity index (χ2v) is 7.20. The fourth-order valence-electron chi connectivity index (χ4n) is 1.48. The summed E-state index contributed by atoms with van der Waals surface area (Å²) in [4.78, 5) is 0. The number of thiophene rings is 1. The molecule has 13 heavy (non-hydrogen) atoms. The van der Waals surface area contributed by atoms with Gasteiger partial charge in [0.2, 0.25) is 0 Å². The zero-order valence-electron chi connectivity index (χ0n) is 7.94. The molecule has 3 heteroatoms. The lowest BCUT2D eigenvalue weighted by Gasteiger charge is -2.08. The highest BCUT2D eigenvalue weighted by molar-refractivity contribution is 9.12. The highest BCUT2D eigenvalue weighted by Crippen LogP contribution is 2.33. The maximum absolute atomic E-state index is 3.59. The molecular weight excluding hydrogens is 312 g/mol. The Balaban J connectivity index is 2.57. The van der Waals surface area contributed by atoms with Crippen LogP contribution >= 0.6 is 43.2 Å². The van der Waals surface area contributed by atoms with Crippen molar-refractivity contribution in [1.29, 1.82) is 0 Å². The summed E-state index contributed by atoms with van der Waals surface area (Å²) in [6.07, 6.45) is 3.79.